The van der Waals surface area contributed by atoms with Crippen LogP contribution in [-0.2, 0) is 4.74 Å². The number of ether oxygens (including phenoxy) is 1. The zero-order chi connectivity index (χ0) is 15.1. The van der Waals surface area contributed by atoms with Crippen LogP contribution in [-0.4, -0.2) is 27.4 Å². The van der Waals surface area contributed by atoms with Crippen LogP contribution in [0.2, 0.25) is 0 Å². The molecule has 2 N–H and O–H groups in total. The van der Waals surface area contributed by atoms with E-state index in [-0.39, 0.29) is 30.0 Å². The van der Waals surface area contributed by atoms with Gasteiger partial charge in [-0.3, -0.25) is 14.3 Å². The lowest BCUT2D eigenvalue weighted by Crippen LogP contribution is -2.41. The third-order valence-corrected chi connectivity index (χ3v) is 4.90. The summed E-state index contributed by atoms with van der Waals surface area (Å²) in [6, 6.07) is 1.31. The molecule has 0 aliphatic carbocycles. The van der Waals surface area contributed by atoms with Crippen LogP contribution in [0.4, 0.5) is 0 Å². The van der Waals surface area contributed by atoms with Crippen LogP contribution >= 0.6 is 0 Å². The predicted molar refractivity (Wildman–Crippen MR) is 74.4 cm³/mol. The Kier molecular flexibility index (Phi) is 3.88. The number of aliphatic hydroxyl groups is 1. The smallest absolute Gasteiger partial charge is 0.330 e. The molecule has 0 saturated carbocycles. The SMILES string of the molecule is CC(C)C1(C)C(C)C(CO)OC1n1ccc(=O)[nH]c1=O. The number of hydrogen-bond donors (Lipinski definition) is 2. The fourth-order valence-electron chi connectivity index (χ4n) is 3.04. The average molecular weight is 282 g/mol. The van der Waals surface area contributed by atoms with Crippen molar-refractivity contribution in [3.63, 3.8) is 0 Å². The van der Waals surface area contributed by atoms with Crippen molar-refractivity contribution in [3.8, 4) is 0 Å². The molecule has 0 spiro atoms. The molecule has 0 radical (unpaired) electrons. The topological polar surface area (TPSA) is 84.3 Å². The summed E-state index contributed by atoms with van der Waals surface area (Å²) in [4.78, 5) is 25.4. The van der Waals surface area contributed by atoms with Crippen LogP contribution in [0.25, 0.3) is 0 Å². The van der Waals surface area contributed by atoms with Crippen LogP contribution in [0.15, 0.2) is 21.9 Å². The molecule has 0 amide bonds. The molecular formula is C14H22N2O4. The molecule has 1 aromatic heterocycles. The van der Waals surface area contributed by atoms with Crippen LogP contribution in [0, 0.1) is 17.3 Å². The van der Waals surface area contributed by atoms with Gasteiger partial charge in [0, 0.05) is 17.7 Å². The van der Waals surface area contributed by atoms with E-state index in [1.165, 1.54) is 16.8 Å². The largest absolute Gasteiger partial charge is 0.394 e. The monoisotopic (exact) mass is 282 g/mol. The Labute approximate surface area is 117 Å². The quantitative estimate of drug-likeness (QED) is 0.855. The number of nitrogens with one attached hydrogen (secondary N) is 1. The van der Waals surface area contributed by atoms with Gasteiger partial charge in [-0.05, 0) is 11.8 Å². The maximum absolute atomic E-state index is 12.0. The Morgan fingerprint density at radius 2 is 2.15 bits per heavy atom. The van der Waals surface area contributed by atoms with Gasteiger partial charge < -0.3 is 9.84 Å². The zero-order valence-electron chi connectivity index (χ0n) is 12.3. The molecule has 6 heteroatoms. The number of aliphatic hydroxyl groups excluding tert-OH is 1. The molecule has 2 heterocycles. The van der Waals surface area contributed by atoms with Crippen LogP contribution in [0.1, 0.15) is 33.9 Å². The van der Waals surface area contributed by atoms with Crippen molar-refractivity contribution in [2.45, 2.75) is 40.0 Å². The standard InChI is InChI=1S/C14H22N2O4/c1-8(2)14(4)9(3)10(7-17)20-12(14)16-6-5-11(18)15-13(16)19/h5-6,8-10,12,17H,7H2,1-4H3,(H,15,18,19). The lowest BCUT2D eigenvalue weighted by molar-refractivity contribution is -0.0632. The van der Waals surface area contributed by atoms with E-state index >= 15 is 0 Å². The first-order chi connectivity index (χ1) is 9.32. The van der Waals surface area contributed by atoms with Gasteiger partial charge >= 0.3 is 5.69 Å². The Morgan fingerprint density at radius 3 is 2.65 bits per heavy atom. The fourth-order valence-corrected chi connectivity index (χ4v) is 3.04. The molecule has 1 fully saturated rings. The molecule has 6 nitrogen and oxygen atoms in total. The second kappa shape index (κ2) is 5.18. The summed E-state index contributed by atoms with van der Waals surface area (Å²) in [6.07, 6.45) is 0.643. The third-order valence-electron chi connectivity index (χ3n) is 4.90. The van der Waals surface area contributed by atoms with E-state index in [4.69, 9.17) is 4.74 Å². The third kappa shape index (κ3) is 2.13. The molecular weight excluding hydrogens is 260 g/mol. The number of aromatic nitrogens is 2. The summed E-state index contributed by atoms with van der Waals surface area (Å²) < 4.78 is 7.31. The number of H-pyrrole nitrogens is 1. The first-order valence-electron chi connectivity index (χ1n) is 6.90. The molecule has 0 bridgehead atoms. The fraction of sp³-hybridized carbons (Fsp3) is 0.714. The molecule has 112 valence electrons. The van der Waals surface area contributed by atoms with Gasteiger partial charge in [-0.2, -0.15) is 0 Å². The van der Waals surface area contributed by atoms with E-state index in [2.05, 4.69) is 25.8 Å². The molecule has 1 aromatic rings. The summed E-state index contributed by atoms with van der Waals surface area (Å²) in [5.41, 5.74) is -1.22. The van der Waals surface area contributed by atoms with Crippen LogP contribution in [0.3, 0.4) is 0 Å². The van der Waals surface area contributed by atoms with Gasteiger partial charge in [0.05, 0.1) is 12.7 Å². The van der Waals surface area contributed by atoms with E-state index in [0.29, 0.717) is 0 Å². The van der Waals surface area contributed by atoms with Gasteiger partial charge in [0.2, 0.25) is 0 Å². The maximum Gasteiger partial charge on any atom is 0.330 e. The van der Waals surface area contributed by atoms with Gasteiger partial charge in [-0.25, -0.2) is 4.79 Å². The Balaban J connectivity index is 2.53. The Bertz CT molecular complexity index is 591. The first-order valence-corrected chi connectivity index (χ1v) is 6.90. The average Bonchev–Trinajstić information content (AvgIpc) is 2.64. The van der Waals surface area contributed by atoms with E-state index in [9.17, 15) is 14.7 Å². The van der Waals surface area contributed by atoms with Gasteiger partial charge in [-0.15, -0.1) is 0 Å². The Hall–Kier alpha value is -1.40. The molecule has 20 heavy (non-hydrogen) atoms. The minimum atomic E-state index is -0.501. The minimum absolute atomic E-state index is 0.0852. The van der Waals surface area contributed by atoms with Crippen molar-refractivity contribution >= 4 is 0 Å². The highest BCUT2D eigenvalue weighted by atomic mass is 16.5. The van der Waals surface area contributed by atoms with E-state index in [1.54, 1.807) is 0 Å². The second-order valence-electron chi connectivity index (χ2n) is 6.04. The van der Waals surface area contributed by atoms with Gasteiger partial charge in [0.25, 0.3) is 5.56 Å². The molecule has 1 saturated heterocycles. The van der Waals surface area contributed by atoms with Crippen molar-refractivity contribution in [2.75, 3.05) is 6.61 Å². The highest BCUT2D eigenvalue weighted by Gasteiger charge is 2.53. The summed E-state index contributed by atoms with van der Waals surface area (Å²) in [6.45, 7) is 8.14. The van der Waals surface area contributed by atoms with Crippen molar-refractivity contribution < 1.29 is 9.84 Å². The van der Waals surface area contributed by atoms with Crippen molar-refractivity contribution in [2.24, 2.45) is 17.3 Å². The predicted octanol–water partition coefficient (Wildman–Crippen LogP) is 0.725. The lowest BCUT2D eigenvalue weighted by Gasteiger charge is -2.38. The van der Waals surface area contributed by atoms with Gasteiger partial charge in [0.1, 0.15) is 6.23 Å². The van der Waals surface area contributed by atoms with Crippen LogP contribution in [0.5, 0.6) is 0 Å². The maximum atomic E-state index is 12.0. The molecule has 4 atom stereocenters. The number of rotatable bonds is 3. The lowest BCUT2D eigenvalue weighted by atomic mass is 9.68. The molecule has 1 aliphatic rings. The normalized spacial score (nSPS) is 33.8. The summed E-state index contributed by atoms with van der Waals surface area (Å²) in [7, 11) is 0. The number of hydrogen-bond acceptors (Lipinski definition) is 4. The summed E-state index contributed by atoms with van der Waals surface area (Å²) in [5.74, 6) is 0.342. The van der Waals surface area contributed by atoms with Crippen LogP contribution < -0.4 is 11.2 Å². The number of nitrogens with zero attached hydrogens (tertiary/aromatic N) is 1. The van der Waals surface area contributed by atoms with E-state index < -0.39 is 17.5 Å². The van der Waals surface area contributed by atoms with E-state index in [1.807, 2.05) is 6.92 Å². The minimum Gasteiger partial charge on any atom is -0.394 e. The highest BCUT2D eigenvalue weighted by molar-refractivity contribution is 4.99. The summed E-state index contributed by atoms with van der Waals surface area (Å²) >= 11 is 0. The molecule has 0 aromatic carbocycles. The van der Waals surface area contributed by atoms with Crippen molar-refractivity contribution in [3.05, 3.63) is 33.1 Å². The van der Waals surface area contributed by atoms with Gasteiger partial charge in [-0.1, -0.05) is 27.7 Å². The molecule has 4 unspecified atom stereocenters. The zero-order valence-corrected chi connectivity index (χ0v) is 12.3. The Morgan fingerprint density at radius 1 is 1.50 bits per heavy atom. The first kappa shape index (κ1) is 15.0. The van der Waals surface area contributed by atoms with Crippen molar-refractivity contribution in [1.82, 2.24) is 9.55 Å². The van der Waals surface area contributed by atoms with Crippen molar-refractivity contribution in [1.29, 1.82) is 0 Å². The second-order valence-corrected chi connectivity index (χ2v) is 6.04. The summed E-state index contributed by atoms with van der Waals surface area (Å²) in [5, 5.41) is 9.46. The molecule has 1 aliphatic heterocycles. The highest BCUT2D eigenvalue weighted by Crippen LogP contribution is 2.53. The molecule has 2 rings (SSSR count). The van der Waals surface area contributed by atoms with E-state index in [0.717, 1.165) is 0 Å². The number of aromatic amines is 1. The van der Waals surface area contributed by atoms with Gasteiger partial charge in [0.15, 0.2) is 0 Å².